The molecule has 79 valence electrons. The lowest BCUT2D eigenvalue weighted by Crippen LogP contribution is -2.15. The minimum Gasteiger partial charge on any atom is -0.486 e. The third-order valence-electron chi connectivity index (χ3n) is 2.56. The van der Waals surface area contributed by atoms with Crippen molar-refractivity contribution in [1.29, 1.82) is 0 Å². The first kappa shape index (κ1) is 9.28. The van der Waals surface area contributed by atoms with E-state index in [0.717, 1.165) is 22.6 Å². The molecule has 0 atom stereocenters. The maximum Gasteiger partial charge on any atom is 0.161 e. The van der Waals surface area contributed by atoms with Crippen molar-refractivity contribution in [3.63, 3.8) is 0 Å². The molecule has 3 rings (SSSR count). The van der Waals surface area contributed by atoms with E-state index < -0.39 is 0 Å². The molecule has 0 aromatic heterocycles. The summed E-state index contributed by atoms with van der Waals surface area (Å²) in [5, 5.41) is 0. The Kier molecular flexibility index (Phi) is 2.26. The van der Waals surface area contributed by atoms with Crippen LogP contribution < -0.4 is 9.47 Å². The summed E-state index contributed by atoms with van der Waals surface area (Å²) in [4.78, 5) is 0. The molecule has 0 saturated heterocycles. The lowest BCUT2D eigenvalue weighted by molar-refractivity contribution is 0.171. The van der Waals surface area contributed by atoms with E-state index in [-0.39, 0.29) is 0 Å². The average Bonchev–Trinajstić information content (AvgIpc) is 2.39. The number of benzene rings is 2. The van der Waals surface area contributed by atoms with Crippen LogP contribution in [-0.4, -0.2) is 13.2 Å². The van der Waals surface area contributed by atoms with E-state index in [0.29, 0.717) is 13.2 Å². The van der Waals surface area contributed by atoms with Crippen LogP contribution in [-0.2, 0) is 0 Å². The Balaban J connectivity index is 2.03. The molecular formula is C14H11O2. The smallest absolute Gasteiger partial charge is 0.161 e. The van der Waals surface area contributed by atoms with Crippen molar-refractivity contribution in [2.45, 2.75) is 0 Å². The van der Waals surface area contributed by atoms with Gasteiger partial charge in [0.05, 0.1) is 0 Å². The molecule has 1 radical (unpaired) electrons. The summed E-state index contributed by atoms with van der Waals surface area (Å²) in [5.41, 5.74) is 2.17. The molecule has 0 bridgehead atoms. The minimum absolute atomic E-state index is 0.620. The Morgan fingerprint density at radius 1 is 0.938 bits per heavy atom. The summed E-state index contributed by atoms with van der Waals surface area (Å²) in [6.07, 6.45) is 0. The van der Waals surface area contributed by atoms with Crippen LogP contribution in [0.2, 0.25) is 0 Å². The van der Waals surface area contributed by atoms with E-state index in [2.05, 4.69) is 6.07 Å². The second kappa shape index (κ2) is 3.89. The van der Waals surface area contributed by atoms with E-state index in [4.69, 9.17) is 9.47 Å². The van der Waals surface area contributed by atoms with Gasteiger partial charge in [-0.2, -0.15) is 0 Å². The van der Waals surface area contributed by atoms with Crippen LogP contribution in [0.5, 0.6) is 11.5 Å². The summed E-state index contributed by atoms with van der Waals surface area (Å²) in [6.45, 7) is 1.25. The van der Waals surface area contributed by atoms with E-state index in [1.54, 1.807) is 0 Å². The summed E-state index contributed by atoms with van der Waals surface area (Å²) < 4.78 is 11.0. The molecule has 1 aliphatic heterocycles. The van der Waals surface area contributed by atoms with E-state index >= 15 is 0 Å². The van der Waals surface area contributed by atoms with E-state index in [9.17, 15) is 0 Å². The van der Waals surface area contributed by atoms with Gasteiger partial charge in [-0.3, -0.25) is 0 Å². The Labute approximate surface area is 94.4 Å². The summed E-state index contributed by atoms with van der Waals surface area (Å²) in [6, 6.07) is 17.1. The highest BCUT2D eigenvalue weighted by molar-refractivity contribution is 5.66. The van der Waals surface area contributed by atoms with Crippen molar-refractivity contribution in [1.82, 2.24) is 0 Å². The highest BCUT2D eigenvalue weighted by atomic mass is 16.6. The van der Waals surface area contributed by atoms with E-state index in [1.807, 2.05) is 42.5 Å². The number of ether oxygens (including phenoxy) is 2. The second-order valence-corrected chi connectivity index (χ2v) is 3.63. The van der Waals surface area contributed by atoms with Gasteiger partial charge in [0, 0.05) is 0 Å². The fraction of sp³-hybridized carbons (Fsp3) is 0.143. The standard InChI is InChI=1S/C14H11O2/c1-2-4-11(5-3-1)12-6-7-13-14(10-12)16-9-8-15-13/h1-4,6-7,10H,8-9H2. The molecule has 0 fully saturated rings. The highest BCUT2D eigenvalue weighted by Gasteiger charge is 2.11. The van der Waals surface area contributed by atoms with Crippen molar-refractivity contribution in [3.05, 3.63) is 48.5 Å². The lowest BCUT2D eigenvalue weighted by Gasteiger charge is -2.18. The molecule has 16 heavy (non-hydrogen) atoms. The molecule has 1 heterocycles. The molecule has 2 aromatic rings. The molecule has 2 aromatic carbocycles. The average molecular weight is 211 g/mol. The third kappa shape index (κ3) is 1.63. The molecular weight excluding hydrogens is 200 g/mol. The predicted molar refractivity (Wildman–Crippen MR) is 61.7 cm³/mol. The molecule has 0 unspecified atom stereocenters. The first-order chi connectivity index (χ1) is 7.93. The van der Waals surface area contributed by atoms with E-state index in [1.165, 1.54) is 0 Å². The molecule has 0 saturated carbocycles. The predicted octanol–water partition coefficient (Wildman–Crippen LogP) is 2.92. The summed E-state index contributed by atoms with van der Waals surface area (Å²) in [5.74, 6) is 1.65. The van der Waals surface area contributed by atoms with Crippen LogP contribution in [0.15, 0.2) is 42.5 Å². The Bertz CT molecular complexity index is 491. The molecule has 0 N–H and O–H groups in total. The maximum atomic E-state index is 5.55. The minimum atomic E-state index is 0.620. The lowest BCUT2D eigenvalue weighted by atomic mass is 10.1. The van der Waals surface area contributed by atoms with Gasteiger partial charge in [0.25, 0.3) is 0 Å². The van der Waals surface area contributed by atoms with Gasteiger partial charge in [-0.1, -0.05) is 30.3 Å². The van der Waals surface area contributed by atoms with Crippen LogP contribution in [0.1, 0.15) is 0 Å². The normalized spacial score (nSPS) is 13.5. The fourth-order valence-electron chi connectivity index (χ4n) is 1.78. The van der Waals surface area contributed by atoms with Gasteiger partial charge in [0.15, 0.2) is 11.5 Å². The fourth-order valence-corrected chi connectivity index (χ4v) is 1.78. The Hall–Kier alpha value is -1.96. The first-order valence-electron chi connectivity index (χ1n) is 5.30. The molecule has 0 aliphatic carbocycles. The van der Waals surface area contributed by atoms with Gasteiger partial charge in [-0.15, -0.1) is 0 Å². The maximum absolute atomic E-state index is 5.55. The van der Waals surface area contributed by atoms with Crippen LogP contribution in [0.3, 0.4) is 0 Å². The van der Waals surface area contributed by atoms with Gasteiger partial charge in [-0.05, 0) is 29.3 Å². The van der Waals surface area contributed by atoms with Crippen LogP contribution >= 0.6 is 0 Å². The quantitative estimate of drug-likeness (QED) is 0.722. The summed E-state index contributed by atoms with van der Waals surface area (Å²) >= 11 is 0. The van der Waals surface area contributed by atoms with Crippen molar-refractivity contribution in [3.8, 4) is 22.6 Å². The SMILES string of the molecule is [c]1ccccc1-c1ccc2c(c1)OCCO2. The number of hydrogen-bond acceptors (Lipinski definition) is 2. The van der Waals surface area contributed by atoms with Crippen molar-refractivity contribution in [2.75, 3.05) is 13.2 Å². The molecule has 2 nitrogen and oxygen atoms in total. The second-order valence-electron chi connectivity index (χ2n) is 3.63. The zero-order valence-electron chi connectivity index (χ0n) is 8.77. The zero-order chi connectivity index (χ0) is 10.8. The van der Waals surface area contributed by atoms with Crippen LogP contribution in [0, 0.1) is 6.07 Å². The Morgan fingerprint density at radius 3 is 2.62 bits per heavy atom. The molecule has 0 amide bonds. The third-order valence-corrected chi connectivity index (χ3v) is 2.56. The largest absolute Gasteiger partial charge is 0.486 e. The van der Waals surface area contributed by atoms with Crippen LogP contribution in [0.4, 0.5) is 0 Å². The molecule has 2 heteroatoms. The Morgan fingerprint density at radius 2 is 1.81 bits per heavy atom. The number of hydrogen-bond donors (Lipinski definition) is 0. The molecule has 0 spiro atoms. The van der Waals surface area contributed by atoms with Gasteiger partial charge in [-0.25, -0.2) is 0 Å². The zero-order valence-corrected chi connectivity index (χ0v) is 8.77. The van der Waals surface area contributed by atoms with Crippen LogP contribution in [0.25, 0.3) is 11.1 Å². The monoisotopic (exact) mass is 211 g/mol. The van der Waals surface area contributed by atoms with Crippen molar-refractivity contribution >= 4 is 0 Å². The van der Waals surface area contributed by atoms with Gasteiger partial charge in [0.2, 0.25) is 0 Å². The first-order valence-corrected chi connectivity index (χ1v) is 5.30. The van der Waals surface area contributed by atoms with Gasteiger partial charge in [0.1, 0.15) is 13.2 Å². The molecule has 1 aliphatic rings. The van der Waals surface area contributed by atoms with Gasteiger partial charge < -0.3 is 9.47 Å². The van der Waals surface area contributed by atoms with Crippen molar-refractivity contribution in [2.24, 2.45) is 0 Å². The number of rotatable bonds is 1. The van der Waals surface area contributed by atoms with Gasteiger partial charge >= 0.3 is 0 Å². The topological polar surface area (TPSA) is 18.5 Å². The highest BCUT2D eigenvalue weighted by Crippen LogP contribution is 2.34. The van der Waals surface area contributed by atoms with Crippen molar-refractivity contribution < 1.29 is 9.47 Å². The number of fused-ring (bicyclic) bond motifs is 1. The summed E-state index contributed by atoms with van der Waals surface area (Å²) in [7, 11) is 0.